The standard InChI is InChI=1S/C30H32FN7O4/c1-29(2,37-28(40)42-5)19-6-8-20(9-7-19)36-23-13-24(25-11-10-21-12-18(14-32)15-35-38(21)25)33-16-22(23)27(39)34-17-26(31)30(3,4)41/h6-13,15-16,26,41H,17H2,1-5H3,(H,33,36)(H,34,39)(H,37,40)/t26-/m1/s1. The third-order valence-electron chi connectivity index (χ3n) is 6.73. The Morgan fingerprint density at radius 1 is 1.12 bits per heavy atom. The van der Waals surface area contributed by atoms with Crippen LogP contribution in [0.25, 0.3) is 16.9 Å². The molecule has 0 radical (unpaired) electrons. The SMILES string of the molecule is COC(=O)NC(C)(C)c1ccc(Nc2cc(-c3ccc4cc(C#N)cnn34)ncc2C(=O)NC[C@@H](F)C(C)(C)O)cc1. The number of benzene rings is 1. The molecule has 0 unspecified atom stereocenters. The van der Waals surface area contributed by atoms with E-state index in [2.05, 4.69) is 32.1 Å². The number of nitrogens with one attached hydrogen (secondary N) is 3. The van der Waals surface area contributed by atoms with Gasteiger partial charge in [-0.3, -0.25) is 9.78 Å². The van der Waals surface area contributed by atoms with Gasteiger partial charge in [0.25, 0.3) is 5.91 Å². The van der Waals surface area contributed by atoms with E-state index in [1.807, 2.05) is 26.0 Å². The molecule has 0 spiro atoms. The van der Waals surface area contributed by atoms with Crippen LogP contribution in [0, 0.1) is 11.3 Å². The Bertz CT molecular complexity index is 1650. The minimum absolute atomic E-state index is 0.152. The topological polar surface area (TPSA) is 154 Å². The Kier molecular flexibility index (Phi) is 8.44. The molecule has 3 aromatic heterocycles. The summed E-state index contributed by atoms with van der Waals surface area (Å²) in [4.78, 5) is 29.4. The van der Waals surface area contributed by atoms with Gasteiger partial charge in [-0.1, -0.05) is 12.1 Å². The number of halogens is 1. The van der Waals surface area contributed by atoms with E-state index in [1.54, 1.807) is 40.9 Å². The van der Waals surface area contributed by atoms with Crippen LogP contribution in [0.1, 0.15) is 49.2 Å². The molecule has 3 heterocycles. The second-order valence-corrected chi connectivity index (χ2v) is 10.8. The van der Waals surface area contributed by atoms with E-state index in [0.717, 1.165) is 5.56 Å². The zero-order chi connectivity index (χ0) is 30.7. The average Bonchev–Trinajstić information content (AvgIpc) is 3.38. The minimum atomic E-state index is -1.68. The normalized spacial score (nSPS) is 12.3. The van der Waals surface area contributed by atoms with Crippen LogP contribution >= 0.6 is 0 Å². The lowest BCUT2D eigenvalue weighted by Crippen LogP contribution is -2.42. The average molecular weight is 574 g/mol. The number of alkyl carbamates (subject to hydrolysis) is 1. The molecule has 1 aromatic carbocycles. The number of carbonyl (C=O) groups is 2. The van der Waals surface area contributed by atoms with E-state index in [-0.39, 0.29) is 5.56 Å². The first kappa shape index (κ1) is 30.0. The van der Waals surface area contributed by atoms with Crippen molar-refractivity contribution in [3.05, 3.63) is 77.6 Å². The minimum Gasteiger partial charge on any atom is -0.453 e. The van der Waals surface area contributed by atoms with Gasteiger partial charge in [0, 0.05) is 11.9 Å². The van der Waals surface area contributed by atoms with Crippen molar-refractivity contribution in [3.63, 3.8) is 0 Å². The van der Waals surface area contributed by atoms with Crippen LogP contribution in [0.2, 0.25) is 0 Å². The summed E-state index contributed by atoms with van der Waals surface area (Å²) < 4.78 is 20.7. The number of pyridine rings is 1. The summed E-state index contributed by atoms with van der Waals surface area (Å²) in [5.41, 5.74) is 1.89. The summed E-state index contributed by atoms with van der Waals surface area (Å²) in [5.74, 6) is -0.583. The van der Waals surface area contributed by atoms with Crippen LogP contribution in [0.15, 0.2) is 60.9 Å². The molecule has 4 aromatic rings. The summed E-state index contributed by atoms with van der Waals surface area (Å²) in [6.45, 7) is 5.94. The van der Waals surface area contributed by atoms with Crippen LogP contribution < -0.4 is 16.0 Å². The molecule has 0 bridgehead atoms. The van der Waals surface area contributed by atoms with E-state index >= 15 is 0 Å². The van der Waals surface area contributed by atoms with Crippen LogP contribution in [-0.4, -0.2) is 57.1 Å². The first-order valence-electron chi connectivity index (χ1n) is 13.1. The molecule has 0 aliphatic rings. The maximum atomic E-state index is 14.4. The highest BCUT2D eigenvalue weighted by molar-refractivity contribution is 6.00. The Morgan fingerprint density at radius 3 is 2.48 bits per heavy atom. The number of nitrogens with zero attached hydrogens (tertiary/aromatic N) is 4. The van der Waals surface area contributed by atoms with E-state index < -0.39 is 35.9 Å². The number of carbonyl (C=O) groups excluding carboxylic acids is 2. The van der Waals surface area contributed by atoms with Crippen molar-refractivity contribution in [2.24, 2.45) is 0 Å². The lowest BCUT2D eigenvalue weighted by atomic mass is 9.94. The van der Waals surface area contributed by atoms with Crippen molar-refractivity contribution in [3.8, 4) is 17.5 Å². The number of amides is 2. The molecule has 1 atom stereocenters. The summed E-state index contributed by atoms with van der Waals surface area (Å²) in [6, 6.07) is 16.3. The lowest BCUT2D eigenvalue weighted by molar-refractivity contribution is -0.00177. The molecule has 11 nitrogen and oxygen atoms in total. The van der Waals surface area contributed by atoms with Gasteiger partial charge in [0.1, 0.15) is 12.2 Å². The number of aromatic nitrogens is 3. The third kappa shape index (κ3) is 6.64. The number of hydrogen-bond acceptors (Lipinski definition) is 8. The van der Waals surface area contributed by atoms with Crippen molar-refractivity contribution < 1.29 is 23.8 Å². The predicted octanol–water partition coefficient (Wildman–Crippen LogP) is 4.44. The number of ether oxygens (including phenoxy) is 1. The van der Waals surface area contributed by atoms with E-state index in [1.165, 1.54) is 33.4 Å². The zero-order valence-corrected chi connectivity index (χ0v) is 23.9. The molecular weight excluding hydrogens is 541 g/mol. The number of hydrogen-bond donors (Lipinski definition) is 4. The second-order valence-electron chi connectivity index (χ2n) is 10.8. The predicted molar refractivity (Wildman–Crippen MR) is 155 cm³/mol. The largest absolute Gasteiger partial charge is 0.453 e. The van der Waals surface area contributed by atoms with Gasteiger partial charge in [-0.15, -0.1) is 0 Å². The molecule has 218 valence electrons. The van der Waals surface area contributed by atoms with E-state index in [0.29, 0.717) is 33.8 Å². The van der Waals surface area contributed by atoms with Crippen LogP contribution in [0.3, 0.4) is 0 Å². The molecule has 12 heteroatoms. The Labute approximate surface area is 242 Å². The molecule has 0 saturated carbocycles. The number of anilines is 2. The zero-order valence-electron chi connectivity index (χ0n) is 23.9. The van der Waals surface area contributed by atoms with Gasteiger partial charge in [0.15, 0.2) is 0 Å². The van der Waals surface area contributed by atoms with Gasteiger partial charge >= 0.3 is 6.09 Å². The molecule has 4 N–H and O–H groups in total. The summed E-state index contributed by atoms with van der Waals surface area (Å²) in [5, 5.41) is 32.0. The molecule has 4 rings (SSSR count). The van der Waals surface area contributed by atoms with Gasteiger partial charge in [-0.25, -0.2) is 13.7 Å². The molecule has 0 saturated heterocycles. The summed E-state index contributed by atoms with van der Waals surface area (Å²) in [7, 11) is 1.30. The van der Waals surface area contributed by atoms with Crippen LogP contribution in [-0.2, 0) is 10.3 Å². The number of rotatable bonds is 9. The highest BCUT2D eigenvalue weighted by atomic mass is 19.1. The Morgan fingerprint density at radius 2 is 1.83 bits per heavy atom. The monoisotopic (exact) mass is 573 g/mol. The fraction of sp³-hybridized carbons (Fsp3) is 0.300. The summed E-state index contributed by atoms with van der Waals surface area (Å²) >= 11 is 0. The Balaban J connectivity index is 1.68. The molecule has 2 amide bonds. The smallest absolute Gasteiger partial charge is 0.407 e. The first-order chi connectivity index (χ1) is 19.8. The highest BCUT2D eigenvalue weighted by Crippen LogP contribution is 2.29. The van der Waals surface area contributed by atoms with Crippen molar-refractivity contribution >= 4 is 28.9 Å². The van der Waals surface area contributed by atoms with Gasteiger partial charge in [0.2, 0.25) is 0 Å². The maximum Gasteiger partial charge on any atom is 0.407 e. The third-order valence-corrected chi connectivity index (χ3v) is 6.73. The van der Waals surface area contributed by atoms with E-state index in [4.69, 9.17) is 4.74 Å². The quantitative estimate of drug-likeness (QED) is 0.229. The van der Waals surface area contributed by atoms with Gasteiger partial charge < -0.3 is 25.8 Å². The number of nitriles is 1. The van der Waals surface area contributed by atoms with Crippen LogP contribution in [0.4, 0.5) is 20.6 Å². The van der Waals surface area contributed by atoms with Crippen molar-refractivity contribution in [1.82, 2.24) is 25.2 Å². The molecule has 0 aliphatic heterocycles. The van der Waals surface area contributed by atoms with Crippen molar-refractivity contribution in [2.75, 3.05) is 19.0 Å². The Hall–Kier alpha value is -5.02. The maximum absolute atomic E-state index is 14.4. The fourth-order valence-electron chi connectivity index (χ4n) is 4.17. The first-order valence-corrected chi connectivity index (χ1v) is 13.1. The van der Waals surface area contributed by atoms with Crippen LogP contribution in [0.5, 0.6) is 0 Å². The van der Waals surface area contributed by atoms with E-state index in [9.17, 15) is 24.3 Å². The summed E-state index contributed by atoms with van der Waals surface area (Å²) in [6.07, 6.45) is 0.589. The molecular formula is C30H32FN7O4. The molecule has 0 fully saturated rings. The fourth-order valence-corrected chi connectivity index (χ4v) is 4.17. The number of fused-ring (bicyclic) bond motifs is 1. The number of alkyl halides is 1. The second kappa shape index (κ2) is 11.8. The number of methoxy groups -OCH3 is 1. The van der Waals surface area contributed by atoms with Crippen molar-refractivity contribution in [1.29, 1.82) is 5.26 Å². The number of aliphatic hydroxyl groups is 1. The van der Waals surface area contributed by atoms with Gasteiger partial charge in [-0.2, -0.15) is 10.4 Å². The molecule has 42 heavy (non-hydrogen) atoms. The van der Waals surface area contributed by atoms with Crippen molar-refractivity contribution in [2.45, 2.75) is 45.0 Å². The highest BCUT2D eigenvalue weighted by Gasteiger charge is 2.28. The lowest BCUT2D eigenvalue weighted by Gasteiger charge is -2.26. The molecule has 0 aliphatic carbocycles. The van der Waals surface area contributed by atoms with Gasteiger partial charge in [-0.05, 0) is 69.7 Å². The van der Waals surface area contributed by atoms with Gasteiger partial charge in [0.05, 0.1) is 64.7 Å².